The van der Waals surface area contributed by atoms with E-state index in [0.717, 1.165) is 11.3 Å². The summed E-state index contributed by atoms with van der Waals surface area (Å²) in [7, 11) is 1.31. The summed E-state index contributed by atoms with van der Waals surface area (Å²) in [5.41, 5.74) is 1.75. The van der Waals surface area contributed by atoms with Crippen molar-refractivity contribution in [1.29, 1.82) is 0 Å². The van der Waals surface area contributed by atoms with E-state index in [1.54, 1.807) is 6.20 Å². The van der Waals surface area contributed by atoms with Gasteiger partial charge >= 0.3 is 5.97 Å². The Morgan fingerprint density at radius 3 is 2.82 bits per heavy atom. The first-order chi connectivity index (χ1) is 8.11. The van der Waals surface area contributed by atoms with Crippen LogP contribution in [-0.2, 0) is 4.74 Å². The standard InChI is InChI=1S/C11H9ClN2O2S/c1-6-3-4-7(5-13-6)10-14-9(12)8(17-10)11(15)16-2/h3-5H,1-2H3. The number of hydrogen-bond acceptors (Lipinski definition) is 5. The third-order valence-electron chi connectivity index (χ3n) is 2.11. The molecule has 0 saturated heterocycles. The van der Waals surface area contributed by atoms with Crippen LogP contribution >= 0.6 is 22.9 Å². The van der Waals surface area contributed by atoms with E-state index in [1.165, 1.54) is 18.4 Å². The van der Waals surface area contributed by atoms with Crippen molar-refractivity contribution in [2.45, 2.75) is 6.92 Å². The van der Waals surface area contributed by atoms with Gasteiger partial charge in [0.25, 0.3) is 0 Å². The van der Waals surface area contributed by atoms with Crippen LogP contribution in [0.1, 0.15) is 15.4 Å². The van der Waals surface area contributed by atoms with E-state index in [0.29, 0.717) is 9.88 Å². The molecule has 88 valence electrons. The van der Waals surface area contributed by atoms with Crippen molar-refractivity contribution in [3.63, 3.8) is 0 Å². The normalized spacial score (nSPS) is 10.3. The largest absolute Gasteiger partial charge is 0.465 e. The maximum Gasteiger partial charge on any atom is 0.351 e. The van der Waals surface area contributed by atoms with Gasteiger partial charge in [-0.25, -0.2) is 9.78 Å². The van der Waals surface area contributed by atoms with E-state index >= 15 is 0 Å². The quantitative estimate of drug-likeness (QED) is 0.786. The predicted octanol–water partition coefficient (Wildman–Crippen LogP) is 2.95. The average molecular weight is 269 g/mol. The lowest BCUT2D eigenvalue weighted by atomic mass is 10.3. The molecule has 6 heteroatoms. The number of aryl methyl sites for hydroxylation is 1. The number of hydrogen-bond donors (Lipinski definition) is 0. The third kappa shape index (κ3) is 2.45. The fourth-order valence-electron chi connectivity index (χ4n) is 1.24. The van der Waals surface area contributed by atoms with Gasteiger partial charge in [0, 0.05) is 17.5 Å². The van der Waals surface area contributed by atoms with Crippen LogP contribution in [-0.4, -0.2) is 23.0 Å². The van der Waals surface area contributed by atoms with E-state index in [-0.39, 0.29) is 5.15 Å². The Morgan fingerprint density at radius 2 is 2.24 bits per heavy atom. The van der Waals surface area contributed by atoms with Gasteiger partial charge in [0.1, 0.15) is 5.01 Å². The molecule has 0 radical (unpaired) electrons. The number of rotatable bonds is 2. The zero-order valence-corrected chi connectivity index (χ0v) is 10.8. The minimum atomic E-state index is -0.473. The van der Waals surface area contributed by atoms with E-state index in [9.17, 15) is 4.79 Å². The molecule has 2 heterocycles. The van der Waals surface area contributed by atoms with Gasteiger partial charge in [0.05, 0.1) is 7.11 Å². The molecule has 0 amide bonds. The summed E-state index contributed by atoms with van der Waals surface area (Å²) in [5, 5.41) is 0.820. The van der Waals surface area contributed by atoms with Gasteiger partial charge in [-0.05, 0) is 19.1 Å². The summed E-state index contributed by atoms with van der Waals surface area (Å²) in [6, 6.07) is 3.76. The molecule has 0 fully saturated rings. The van der Waals surface area contributed by atoms with Crippen LogP contribution in [0.25, 0.3) is 10.6 Å². The van der Waals surface area contributed by atoms with Gasteiger partial charge in [-0.15, -0.1) is 11.3 Å². The molecule has 17 heavy (non-hydrogen) atoms. The minimum absolute atomic E-state index is 0.164. The van der Waals surface area contributed by atoms with E-state index in [1.807, 2.05) is 19.1 Å². The number of methoxy groups -OCH3 is 1. The molecule has 0 N–H and O–H groups in total. The van der Waals surface area contributed by atoms with Crippen molar-refractivity contribution in [2.75, 3.05) is 7.11 Å². The van der Waals surface area contributed by atoms with Crippen molar-refractivity contribution in [2.24, 2.45) is 0 Å². The maximum atomic E-state index is 11.4. The van der Waals surface area contributed by atoms with Crippen LogP contribution in [0.3, 0.4) is 0 Å². The van der Waals surface area contributed by atoms with E-state index in [2.05, 4.69) is 14.7 Å². The highest BCUT2D eigenvalue weighted by molar-refractivity contribution is 7.17. The number of halogens is 1. The summed E-state index contributed by atoms with van der Waals surface area (Å²) in [5.74, 6) is -0.473. The van der Waals surface area contributed by atoms with Crippen LogP contribution in [0, 0.1) is 6.92 Å². The summed E-state index contributed by atoms with van der Waals surface area (Å²) < 4.78 is 4.62. The highest BCUT2D eigenvalue weighted by atomic mass is 35.5. The lowest BCUT2D eigenvalue weighted by Gasteiger charge is -1.95. The van der Waals surface area contributed by atoms with Crippen molar-refractivity contribution in [1.82, 2.24) is 9.97 Å². The average Bonchev–Trinajstić information content (AvgIpc) is 2.71. The van der Waals surface area contributed by atoms with Crippen molar-refractivity contribution >= 4 is 28.9 Å². The number of pyridine rings is 1. The molecule has 0 aromatic carbocycles. The maximum absolute atomic E-state index is 11.4. The lowest BCUT2D eigenvalue weighted by molar-refractivity contribution is 0.0606. The van der Waals surface area contributed by atoms with Gasteiger partial charge < -0.3 is 4.74 Å². The molecule has 2 aromatic heterocycles. The van der Waals surface area contributed by atoms with Gasteiger partial charge in [-0.2, -0.15) is 0 Å². The molecular formula is C11H9ClN2O2S. The number of carbonyl (C=O) groups is 1. The summed E-state index contributed by atoms with van der Waals surface area (Å²) >= 11 is 7.07. The number of carbonyl (C=O) groups excluding carboxylic acids is 1. The van der Waals surface area contributed by atoms with Crippen LogP contribution in [0.2, 0.25) is 5.15 Å². The minimum Gasteiger partial charge on any atom is -0.465 e. The summed E-state index contributed by atoms with van der Waals surface area (Å²) in [6.07, 6.45) is 1.70. The third-order valence-corrected chi connectivity index (χ3v) is 3.58. The highest BCUT2D eigenvalue weighted by Gasteiger charge is 2.18. The molecular weight excluding hydrogens is 260 g/mol. The molecule has 0 saturated carbocycles. The number of ether oxygens (including phenoxy) is 1. The number of thiazole rings is 1. The Hall–Kier alpha value is -1.46. The lowest BCUT2D eigenvalue weighted by Crippen LogP contribution is -1.98. The number of esters is 1. The van der Waals surface area contributed by atoms with Gasteiger partial charge in [-0.1, -0.05) is 11.6 Å². The zero-order chi connectivity index (χ0) is 12.4. The van der Waals surface area contributed by atoms with Crippen molar-refractivity contribution in [3.8, 4) is 10.6 Å². The van der Waals surface area contributed by atoms with E-state index in [4.69, 9.17) is 11.6 Å². The van der Waals surface area contributed by atoms with Crippen LogP contribution in [0.5, 0.6) is 0 Å². The first kappa shape index (κ1) is 12.0. The molecule has 2 aromatic rings. The molecule has 0 aliphatic heterocycles. The second kappa shape index (κ2) is 4.81. The molecule has 2 rings (SSSR count). The first-order valence-electron chi connectivity index (χ1n) is 4.79. The van der Waals surface area contributed by atoms with Gasteiger partial charge in [0.2, 0.25) is 0 Å². The topological polar surface area (TPSA) is 52.1 Å². The van der Waals surface area contributed by atoms with Gasteiger partial charge in [0.15, 0.2) is 10.0 Å². The second-order valence-corrected chi connectivity index (χ2v) is 4.68. The van der Waals surface area contributed by atoms with Gasteiger partial charge in [-0.3, -0.25) is 4.98 Å². The Labute approximate surface area is 107 Å². The monoisotopic (exact) mass is 268 g/mol. The van der Waals surface area contributed by atoms with Crippen LogP contribution < -0.4 is 0 Å². The Balaban J connectivity index is 2.41. The molecule has 0 bridgehead atoms. The Morgan fingerprint density at radius 1 is 1.47 bits per heavy atom. The first-order valence-corrected chi connectivity index (χ1v) is 5.99. The molecule has 0 unspecified atom stereocenters. The van der Waals surface area contributed by atoms with Crippen LogP contribution in [0.15, 0.2) is 18.3 Å². The van der Waals surface area contributed by atoms with Crippen molar-refractivity contribution < 1.29 is 9.53 Å². The fraction of sp³-hybridized carbons (Fsp3) is 0.182. The fourth-order valence-corrected chi connectivity index (χ4v) is 2.43. The van der Waals surface area contributed by atoms with E-state index < -0.39 is 5.97 Å². The molecule has 0 spiro atoms. The molecule has 4 nitrogen and oxygen atoms in total. The molecule has 0 atom stereocenters. The zero-order valence-electron chi connectivity index (χ0n) is 9.23. The number of nitrogens with zero attached hydrogens (tertiary/aromatic N) is 2. The Bertz CT molecular complexity index is 551. The smallest absolute Gasteiger partial charge is 0.351 e. The Kier molecular flexibility index (Phi) is 3.40. The second-order valence-electron chi connectivity index (χ2n) is 3.32. The van der Waals surface area contributed by atoms with Crippen LogP contribution in [0.4, 0.5) is 0 Å². The SMILES string of the molecule is COC(=O)c1sc(-c2ccc(C)nc2)nc1Cl. The molecule has 0 aliphatic rings. The highest BCUT2D eigenvalue weighted by Crippen LogP contribution is 2.30. The predicted molar refractivity (Wildman–Crippen MR) is 66.4 cm³/mol. The van der Waals surface area contributed by atoms with Crippen molar-refractivity contribution in [3.05, 3.63) is 34.1 Å². The number of aromatic nitrogens is 2. The summed E-state index contributed by atoms with van der Waals surface area (Å²) in [4.78, 5) is 20.0. The molecule has 0 aliphatic carbocycles. The summed E-state index contributed by atoms with van der Waals surface area (Å²) in [6.45, 7) is 1.90.